The number of benzene rings is 2. The Hall–Kier alpha value is -2.29. The number of hydrogen-bond acceptors (Lipinski definition) is 3. The number of rotatable bonds is 3. The van der Waals surface area contributed by atoms with Crippen LogP contribution in [0.4, 0.5) is 5.69 Å². The monoisotopic (exact) mass is 241 g/mol. The number of para-hydroxylation sites is 1. The van der Waals surface area contributed by atoms with E-state index in [0.29, 0.717) is 11.3 Å². The zero-order valence-corrected chi connectivity index (χ0v) is 10.5. The van der Waals surface area contributed by atoms with Gasteiger partial charge < -0.3 is 9.64 Å². The lowest BCUT2D eigenvalue weighted by atomic mass is 10.2. The Morgan fingerprint density at radius 1 is 0.944 bits per heavy atom. The minimum absolute atomic E-state index is 0.341. The quantitative estimate of drug-likeness (QED) is 0.611. The molecule has 0 N–H and O–H groups in total. The van der Waals surface area contributed by atoms with Crippen LogP contribution < -0.4 is 9.64 Å². The fourth-order valence-electron chi connectivity index (χ4n) is 1.55. The molecule has 18 heavy (non-hydrogen) atoms. The summed E-state index contributed by atoms with van der Waals surface area (Å²) in [6.07, 6.45) is 0. The standard InChI is InChI=1S/C15H15NO2/c1-16(2)13-10-8-12(9-11-13)15(17)18-14-6-4-3-5-7-14/h3-11H,1-2H3. The van der Waals surface area contributed by atoms with Crippen LogP contribution >= 0.6 is 0 Å². The summed E-state index contributed by atoms with van der Waals surface area (Å²) >= 11 is 0. The predicted octanol–water partition coefficient (Wildman–Crippen LogP) is 2.97. The maximum Gasteiger partial charge on any atom is 0.343 e. The van der Waals surface area contributed by atoms with Crippen molar-refractivity contribution in [1.82, 2.24) is 0 Å². The normalized spacial score (nSPS) is 9.89. The predicted molar refractivity (Wildman–Crippen MR) is 72.2 cm³/mol. The van der Waals surface area contributed by atoms with Crippen molar-refractivity contribution >= 4 is 11.7 Å². The number of hydrogen-bond donors (Lipinski definition) is 0. The smallest absolute Gasteiger partial charge is 0.343 e. The summed E-state index contributed by atoms with van der Waals surface area (Å²) in [6.45, 7) is 0. The molecule has 0 atom stereocenters. The topological polar surface area (TPSA) is 29.5 Å². The van der Waals surface area contributed by atoms with Crippen LogP contribution in [0.25, 0.3) is 0 Å². The fourth-order valence-corrected chi connectivity index (χ4v) is 1.55. The SMILES string of the molecule is CN(C)c1ccc(C(=O)Oc2ccccc2)cc1. The van der Waals surface area contributed by atoms with Crippen LogP contribution in [0.1, 0.15) is 10.4 Å². The second-order valence-corrected chi connectivity index (χ2v) is 4.14. The molecule has 0 heterocycles. The molecule has 0 radical (unpaired) electrons. The Labute approximate surface area is 107 Å². The van der Waals surface area contributed by atoms with E-state index in [9.17, 15) is 4.79 Å². The summed E-state index contributed by atoms with van der Waals surface area (Å²) in [5, 5.41) is 0. The first-order valence-electron chi connectivity index (χ1n) is 5.71. The van der Waals surface area contributed by atoms with Crippen LogP contribution in [-0.4, -0.2) is 20.1 Å². The molecule has 2 aromatic rings. The van der Waals surface area contributed by atoms with Crippen molar-refractivity contribution in [2.45, 2.75) is 0 Å². The van der Waals surface area contributed by atoms with E-state index in [4.69, 9.17) is 4.74 Å². The molecule has 0 bridgehead atoms. The summed E-state index contributed by atoms with van der Waals surface area (Å²) in [5.74, 6) is 0.214. The maximum atomic E-state index is 11.9. The average molecular weight is 241 g/mol. The number of esters is 1. The van der Waals surface area contributed by atoms with Gasteiger partial charge in [0, 0.05) is 19.8 Å². The molecule has 0 saturated heterocycles. The van der Waals surface area contributed by atoms with E-state index < -0.39 is 0 Å². The van der Waals surface area contributed by atoms with E-state index in [1.165, 1.54) is 0 Å². The number of nitrogens with zero attached hydrogens (tertiary/aromatic N) is 1. The van der Waals surface area contributed by atoms with Crippen LogP contribution in [0, 0.1) is 0 Å². The molecule has 0 aromatic heterocycles. The largest absolute Gasteiger partial charge is 0.423 e. The lowest BCUT2D eigenvalue weighted by Gasteiger charge is -2.12. The first-order chi connectivity index (χ1) is 8.66. The highest BCUT2D eigenvalue weighted by atomic mass is 16.5. The fraction of sp³-hybridized carbons (Fsp3) is 0.133. The zero-order valence-electron chi connectivity index (χ0n) is 10.5. The molecule has 92 valence electrons. The first-order valence-corrected chi connectivity index (χ1v) is 5.71. The average Bonchev–Trinajstić information content (AvgIpc) is 2.40. The van der Waals surface area contributed by atoms with E-state index in [0.717, 1.165) is 5.69 Å². The Morgan fingerprint density at radius 2 is 1.56 bits per heavy atom. The van der Waals surface area contributed by atoms with E-state index in [1.807, 2.05) is 49.3 Å². The first kappa shape index (κ1) is 12.2. The highest BCUT2D eigenvalue weighted by molar-refractivity contribution is 5.91. The third-order valence-electron chi connectivity index (χ3n) is 2.57. The van der Waals surface area contributed by atoms with Gasteiger partial charge in [-0.1, -0.05) is 18.2 Å². The lowest BCUT2D eigenvalue weighted by molar-refractivity contribution is 0.0735. The minimum Gasteiger partial charge on any atom is -0.423 e. The van der Waals surface area contributed by atoms with Gasteiger partial charge >= 0.3 is 5.97 Å². The van der Waals surface area contributed by atoms with Gasteiger partial charge in [-0.3, -0.25) is 0 Å². The number of carbonyl (C=O) groups is 1. The maximum absolute atomic E-state index is 11.9. The highest BCUT2D eigenvalue weighted by Gasteiger charge is 2.08. The molecule has 0 amide bonds. The van der Waals surface area contributed by atoms with Crippen molar-refractivity contribution in [3.05, 3.63) is 60.2 Å². The molecule has 0 aliphatic rings. The second kappa shape index (κ2) is 5.36. The van der Waals surface area contributed by atoms with Gasteiger partial charge in [0.15, 0.2) is 0 Å². The molecule has 0 aliphatic heterocycles. The van der Waals surface area contributed by atoms with Crippen LogP contribution in [0.2, 0.25) is 0 Å². The summed E-state index contributed by atoms with van der Waals surface area (Å²) < 4.78 is 5.25. The number of ether oxygens (including phenoxy) is 1. The highest BCUT2D eigenvalue weighted by Crippen LogP contribution is 2.15. The van der Waals surface area contributed by atoms with E-state index in [2.05, 4.69) is 0 Å². The van der Waals surface area contributed by atoms with Crippen molar-refractivity contribution in [2.24, 2.45) is 0 Å². The molecule has 2 rings (SSSR count). The van der Waals surface area contributed by atoms with Gasteiger partial charge in [0.25, 0.3) is 0 Å². The lowest BCUT2D eigenvalue weighted by Crippen LogP contribution is -2.11. The van der Waals surface area contributed by atoms with Gasteiger partial charge in [0.05, 0.1) is 5.56 Å². The van der Waals surface area contributed by atoms with Crippen molar-refractivity contribution in [1.29, 1.82) is 0 Å². The Morgan fingerprint density at radius 3 is 2.11 bits per heavy atom. The van der Waals surface area contributed by atoms with Crippen molar-refractivity contribution in [3.63, 3.8) is 0 Å². The van der Waals surface area contributed by atoms with Crippen LogP contribution in [-0.2, 0) is 0 Å². The molecule has 0 spiro atoms. The van der Waals surface area contributed by atoms with Crippen LogP contribution in [0.15, 0.2) is 54.6 Å². The van der Waals surface area contributed by atoms with Crippen molar-refractivity contribution < 1.29 is 9.53 Å². The summed E-state index contributed by atoms with van der Waals surface area (Å²) in [5.41, 5.74) is 1.59. The number of anilines is 1. The van der Waals surface area contributed by atoms with E-state index >= 15 is 0 Å². The van der Waals surface area contributed by atoms with Crippen molar-refractivity contribution in [2.75, 3.05) is 19.0 Å². The molecule has 0 aliphatic carbocycles. The molecule has 3 nitrogen and oxygen atoms in total. The van der Waals surface area contributed by atoms with E-state index in [-0.39, 0.29) is 5.97 Å². The molecular weight excluding hydrogens is 226 g/mol. The van der Waals surface area contributed by atoms with Crippen LogP contribution in [0.3, 0.4) is 0 Å². The summed E-state index contributed by atoms with van der Waals surface area (Å²) in [6, 6.07) is 16.4. The molecule has 0 saturated carbocycles. The van der Waals surface area contributed by atoms with E-state index in [1.54, 1.807) is 24.3 Å². The molecule has 0 fully saturated rings. The van der Waals surface area contributed by atoms with Crippen LogP contribution in [0.5, 0.6) is 5.75 Å². The molecule has 2 aromatic carbocycles. The third kappa shape index (κ3) is 2.88. The van der Waals surface area contributed by atoms with Gasteiger partial charge in [-0.2, -0.15) is 0 Å². The van der Waals surface area contributed by atoms with Crippen molar-refractivity contribution in [3.8, 4) is 5.75 Å². The van der Waals surface area contributed by atoms with Gasteiger partial charge in [-0.05, 0) is 36.4 Å². The molecule has 3 heteroatoms. The Kier molecular flexibility index (Phi) is 3.63. The van der Waals surface area contributed by atoms with Gasteiger partial charge in [0.2, 0.25) is 0 Å². The van der Waals surface area contributed by atoms with Gasteiger partial charge in [-0.25, -0.2) is 4.79 Å². The molecular formula is C15H15NO2. The Bertz CT molecular complexity index is 518. The molecule has 0 unspecified atom stereocenters. The summed E-state index contributed by atoms with van der Waals surface area (Å²) in [7, 11) is 3.91. The van der Waals surface area contributed by atoms with Gasteiger partial charge in [0.1, 0.15) is 5.75 Å². The van der Waals surface area contributed by atoms with Gasteiger partial charge in [-0.15, -0.1) is 0 Å². The minimum atomic E-state index is -0.341. The Balaban J connectivity index is 2.10. The zero-order chi connectivity index (χ0) is 13.0. The summed E-state index contributed by atoms with van der Waals surface area (Å²) in [4.78, 5) is 13.8. The second-order valence-electron chi connectivity index (χ2n) is 4.14. The number of carbonyl (C=O) groups excluding carboxylic acids is 1. The third-order valence-corrected chi connectivity index (χ3v) is 2.57.